The van der Waals surface area contributed by atoms with Gasteiger partial charge in [0, 0.05) is 11.0 Å². The Labute approximate surface area is 60.8 Å². The van der Waals surface area contributed by atoms with Crippen molar-refractivity contribution in [2.45, 2.75) is 18.6 Å². The van der Waals surface area contributed by atoms with E-state index >= 15 is 0 Å². The highest BCUT2D eigenvalue weighted by Crippen LogP contribution is 2.11. The summed E-state index contributed by atoms with van der Waals surface area (Å²) in [5.41, 5.74) is 5.33. The molecule has 0 bridgehead atoms. The Morgan fingerprint density at radius 2 is 2.33 bits per heavy atom. The largest absolute Gasteiger partial charge is 0.396 e. The van der Waals surface area contributed by atoms with E-state index in [2.05, 4.69) is 6.92 Å². The lowest BCUT2D eigenvalue weighted by atomic mass is 10.3. The van der Waals surface area contributed by atoms with Crippen LogP contribution in [0.5, 0.6) is 0 Å². The Morgan fingerprint density at radius 1 is 1.67 bits per heavy atom. The highest BCUT2D eigenvalue weighted by Gasteiger charge is 1.98. The Balaban J connectivity index is 2.95. The first kappa shape index (κ1) is 9.27. The van der Waals surface area contributed by atoms with Crippen LogP contribution in [-0.2, 0) is 0 Å². The van der Waals surface area contributed by atoms with E-state index in [1.807, 2.05) is 0 Å². The molecule has 0 saturated carbocycles. The van der Waals surface area contributed by atoms with Crippen molar-refractivity contribution >= 4 is 11.8 Å². The lowest BCUT2D eigenvalue weighted by Crippen LogP contribution is -2.08. The maximum atomic E-state index is 8.43. The molecule has 0 aromatic rings. The van der Waals surface area contributed by atoms with Gasteiger partial charge >= 0.3 is 0 Å². The van der Waals surface area contributed by atoms with Crippen molar-refractivity contribution in [3.8, 4) is 0 Å². The molecule has 0 aliphatic carbocycles. The van der Waals surface area contributed by atoms with Crippen LogP contribution in [0.2, 0.25) is 0 Å². The third kappa shape index (κ3) is 6.15. The lowest BCUT2D eigenvalue weighted by molar-refractivity contribution is 0.322. The van der Waals surface area contributed by atoms with Crippen molar-refractivity contribution in [1.29, 1.82) is 0 Å². The van der Waals surface area contributed by atoms with Gasteiger partial charge in [0.25, 0.3) is 0 Å². The molecule has 0 rings (SSSR count). The van der Waals surface area contributed by atoms with E-state index in [0.29, 0.717) is 5.25 Å². The summed E-state index contributed by atoms with van der Waals surface area (Å²) in [5.74, 6) is 0.834. The summed E-state index contributed by atoms with van der Waals surface area (Å²) in [6, 6.07) is 0. The molecule has 0 fully saturated rings. The number of hydrogen-bond donors (Lipinski definition) is 2. The second-order valence-electron chi connectivity index (χ2n) is 1.98. The van der Waals surface area contributed by atoms with Crippen molar-refractivity contribution < 1.29 is 5.11 Å². The van der Waals surface area contributed by atoms with Crippen molar-refractivity contribution in [3.05, 3.63) is 0 Å². The number of nitrogens with two attached hydrogens (primary N) is 1. The van der Waals surface area contributed by atoms with Crippen LogP contribution in [0.25, 0.3) is 0 Å². The number of rotatable bonds is 5. The minimum absolute atomic E-state index is 0.277. The second-order valence-corrected chi connectivity index (χ2v) is 3.53. The molecule has 1 atom stereocenters. The van der Waals surface area contributed by atoms with Gasteiger partial charge in [-0.25, -0.2) is 0 Å². The molecular weight excluding hydrogens is 134 g/mol. The molecular formula is C6H15NOS. The first-order valence-electron chi connectivity index (χ1n) is 3.23. The number of aliphatic hydroxyl groups is 1. The van der Waals surface area contributed by atoms with Gasteiger partial charge in [0.15, 0.2) is 0 Å². The zero-order valence-corrected chi connectivity index (χ0v) is 6.66. The minimum Gasteiger partial charge on any atom is -0.396 e. The van der Waals surface area contributed by atoms with E-state index in [-0.39, 0.29) is 6.61 Å². The monoisotopic (exact) mass is 149 g/mol. The Hall–Kier alpha value is 0.270. The third-order valence-electron chi connectivity index (χ3n) is 1.07. The summed E-state index contributed by atoms with van der Waals surface area (Å²) in [5, 5.41) is 9.03. The predicted octanol–water partition coefficient (Wildman–Crippen LogP) is 0.449. The van der Waals surface area contributed by atoms with Gasteiger partial charge in [0.05, 0.1) is 6.61 Å². The van der Waals surface area contributed by atoms with E-state index in [4.69, 9.17) is 10.8 Å². The summed E-state index contributed by atoms with van der Waals surface area (Å²) in [6.45, 7) is 3.16. The van der Waals surface area contributed by atoms with Crippen LogP contribution in [-0.4, -0.2) is 29.3 Å². The number of thioether (sulfide) groups is 1. The van der Waals surface area contributed by atoms with Gasteiger partial charge in [-0.1, -0.05) is 6.92 Å². The average molecular weight is 149 g/mol. The van der Waals surface area contributed by atoms with Crippen molar-refractivity contribution in [2.75, 3.05) is 18.9 Å². The van der Waals surface area contributed by atoms with E-state index in [9.17, 15) is 0 Å². The van der Waals surface area contributed by atoms with Gasteiger partial charge in [-0.2, -0.15) is 11.8 Å². The van der Waals surface area contributed by atoms with Crippen LogP contribution in [0, 0.1) is 0 Å². The molecule has 0 aromatic heterocycles. The van der Waals surface area contributed by atoms with Crippen molar-refractivity contribution in [3.63, 3.8) is 0 Å². The van der Waals surface area contributed by atoms with Gasteiger partial charge in [0.2, 0.25) is 0 Å². The van der Waals surface area contributed by atoms with Crippen LogP contribution >= 0.6 is 11.8 Å². The van der Waals surface area contributed by atoms with Gasteiger partial charge in [0.1, 0.15) is 0 Å². The fourth-order valence-electron chi connectivity index (χ4n) is 0.572. The lowest BCUT2D eigenvalue weighted by Gasteiger charge is -2.06. The molecule has 0 spiro atoms. The van der Waals surface area contributed by atoms with Crippen LogP contribution in [0.3, 0.4) is 0 Å². The molecule has 0 aliphatic heterocycles. The molecule has 0 radical (unpaired) electrons. The summed E-state index contributed by atoms with van der Waals surface area (Å²) >= 11 is 1.77. The van der Waals surface area contributed by atoms with Crippen molar-refractivity contribution in [1.82, 2.24) is 0 Å². The Kier molecular flexibility index (Phi) is 6.58. The van der Waals surface area contributed by atoms with E-state index in [0.717, 1.165) is 18.7 Å². The maximum Gasteiger partial charge on any atom is 0.0521 e. The molecule has 56 valence electrons. The smallest absolute Gasteiger partial charge is 0.0521 e. The van der Waals surface area contributed by atoms with Crippen LogP contribution in [0.4, 0.5) is 0 Å². The quantitative estimate of drug-likeness (QED) is 0.596. The molecule has 3 heteroatoms. The molecule has 0 amide bonds. The fraction of sp³-hybridized carbons (Fsp3) is 1.00. The van der Waals surface area contributed by atoms with Gasteiger partial charge < -0.3 is 10.8 Å². The summed E-state index contributed by atoms with van der Waals surface area (Å²) in [7, 11) is 0. The molecule has 3 N–H and O–H groups in total. The average Bonchev–Trinajstić information content (AvgIpc) is 1.85. The first-order chi connectivity index (χ1) is 4.31. The van der Waals surface area contributed by atoms with Crippen LogP contribution < -0.4 is 5.73 Å². The molecule has 0 aromatic carbocycles. The van der Waals surface area contributed by atoms with Crippen LogP contribution in [0.1, 0.15) is 13.3 Å². The van der Waals surface area contributed by atoms with Crippen molar-refractivity contribution in [2.24, 2.45) is 5.73 Å². The topological polar surface area (TPSA) is 46.2 Å². The SMILES string of the molecule is CC(CCN)SCCO. The van der Waals surface area contributed by atoms with Crippen LogP contribution in [0.15, 0.2) is 0 Å². The Bertz CT molecular complexity index is 61.0. The number of hydrogen-bond acceptors (Lipinski definition) is 3. The maximum absolute atomic E-state index is 8.43. The highest BCUT2D eigenvalue weighted by atomic mass is 32.2. The second kappa shape index (κ2) is 6.39. The number of aliphatic hydroxyl groups excluding tert-OH is 1. The highest BCUT2D eigenvalue weighted by molar-refractivity contribution is 7.99. The standard InChI is InChI=1S/C6H15NOS/c1-6(2-3-7)9-5-4-8/h6,8H,2-5,7H2,1H3. The normalized spacial score (nSPS) is 13.7. The molecule has 0 saturated heterocycles. The molecule has 2 nitrogen and oxygen atoms in total. The molecule has 1 unspecified atom stereocenters. The fourth-order valence-corrected chi connectivity index (χ4v) is 1.38. The van der Waals surface area contributed by atoms with Gasteiger partial charge in [-0.3, -0.25) is 0 Å². The van der Waals surface area contributed by atoms with Gasteiger partial charge in [-0.15, -0.1) is 0 Å². The third-order valence-corrected chi connectivity index (χ3v) is 2.29. The first-order valence-corrected chi connectivity index (χ1v) is 4.28. The Morgan fingerprint density at radius 3 is 2.78 bits per heavy atom. The molecule has 0 heterocycles. The zero-order chi connectivity index (χ0) is 7.11. The zero-order valence-electron chi connectivity index (χ0n) is 5.84. The van der Waals surface area contributed by atoms with E-state index < -0.39 is 0 Å². The summed E-state index contributed by atoms with van der Waals surface area (Å²) in [4.78, 5) is 0. The van der Waals surface area contributed by atoms with E-state index in [1.165, 1.54) is 0 Å². The molecule has 9 heavy (non-hydrogen) atoms. The van der Waals surface area contributed by atoms with E-state index in [1.54, 1.807) is 11.8 Å². The van der Waals surface area contributed by atoms with Gasteiger partial charge in [-0.05, 0) is 13.0 Å². The summed E-state index contributed by atoms with van der Waals surface area (Å²) in [6.07, 6.45) is 1.05. The minimum atomic E-state index is 0.277. The molecule has 0 aliphatic rings. The predicted molar refractivity (Wildman–Crippen MR) is 42.7 cm³/mol. The summed E-state index contributed by atoms with van der Waals surface area (Å²) < 4.78 is 0.